The van der Waals surface area contributed by atoms with Crippen LogP contribution in [0.3, 0.4) is 0 Å². The van der Waals surface area contributed by atoms with Gasteiger partial charge in [-0.25, -0.2) is 4.98 Å². The van der Waals surface area contributed by atoms with Gasteiger partial charge in [0.15, 0.2) is 0 Å². The van der Waals surface area contributed by atoms with Crippen LogP contribution in [-0.4, -0.2) is 9.55 Å². The molecule has 5 nitrogen and oxygen atoms in total. The van der Waals surface area contributed by atoms with E-state index in [9.17, 15) is 0 Å². The van der Waals surface area contributed by atoms with Crippen LogP contribution in [0.25, 0.3) is 27.6 Å². The van der Waals surface area contributed by atoms with Crippen molar-refractivity contribution < 1.29 is 25.8 Å². The number of benzene rings is 5. The van der Waals surface area contributed by atoms with Crippen molar-refractivity contribution in [2.45, 2.75) is 72.8 Å². The number of pyridine rings is 1. The first-order valence-corrected chi connectivity index (χ1v) is 18.1. The number of aromatic nitrogens is 2. The second-order valence-corrected chi connectivity index (χ2v) is 16.1. The Balaban J connectivity index is 0.00000435. The van der Waals surface area contributed by atoms with Crippen molar-refractivity contribution in [1.29, 1.82) is 0 Å². The van der Waals surface area contributed by atoms with Crippen LogP contribution in [0.4, 0.5) is 17.1 Å². The summed E-state index contributed by atoms with van der Waals surface area (Å²) < 4.78 is 8.74. The number of rotatable bonds is 6. The number of hydrogen-bond acceptors (Lipinski definition) is 4. The number of aryl methyl sites for hydroxylation is 2. The molecule has 0 aliphatic carbocycles. The third-order valence-electron chi connectivity index (χ3n) is 10.2. The average molecular weight is 877 g/mol. The Hall–Kier alpha value is -4.86. The van der Waals surface area contributed by atoms with Crippen LogP contribution in [0.5, 0.6) is 11.5 Å². The van der Waals surface area contributed by atoms with Gasteiger partial charge in [-0.15, -0.1) is 41.4 Å². The van der Waals surface area contributed by atoms with Crippen LogP contribution in [0.2, 0.25) is 0 Å². The summed E-state index contributed by atoms with van der Waals surface area (Å²) in [6.07, 6.45) is 1.90. The summed E-state index contributed by atoms with van der Waals surface area (Å²) in [6.45, 7) is 20.8. The van der Waals surface area contributed by atoms with Gasteiger partial charge in [0, 0.05) is 62.2 Å². The molecule has 0 saturated heterocycles. The Morgan fingerprint density at radius 2 is 1.38 bits per heavy atom. The molecule has 272 valence electrons. The van der Waals surface area contributed by atoms with Gasteiger partial charge in [0.25, 0.3) is 0 Å². The molecule has 53 heavy (non-hydrogen) atoms. The second-order valence-electron chi connectivity index (χ2n) is 16.1. The number of anilines is 3. The molecule has 0 atom stereocenters. The van der Waals surface area contributed by atoms with Crippen LogP contribution in [-0.2, 0) is 38.4 Å². The third-order valence-corrected chi connectivity index (χ3v) is 10.2. The topological polar surface area (TPSA) is 33.5 Å². The Kier molecular flexibility index (Phi) is 9.53. The molecule has 6 heteroatoms. The number of ether oxygens (including phenoxy) is 1. The maximum Gasteiger partial charge on any atom is 0.135 e. The summed E-state index contributed by atoms with van der Waals surface area (Å²) >= 11 is 0. The minimum atomic E-state index is -0.00549. The van der Waals surface area contributed by atoms with E-state index in [1.807, 2.05) is 24.4 Å². The molecule has 5 aromatic carbocycles. The van der Waals surface area contributed by atoms with Crippen molar-refractivity contribution >= 4 is 38.9 Å². The first-order chi connectivity index (χ1) is 24.8. The van der Waals surface area contributed by atoms with Gasteiger partial charge in [0.05, 0.1) is 0 Å². The van der Waals surface area contributed by atoms with Gasteiger partial charge in [-0.2, -0.15) is 18.8 Å². The molecule has 1 aliphatic rings. The smallest absolute Gasteiger partial charge is 0.135 e. The molecule has 0 N–H and O–H groups in total. The Labute approximate surface area is 328 Å². The van der Waals surface area contributed by atoms with Crippen LogP contribution in [0, 0.1) is 32.6 Å². The van der Waals surface area contributed by atoms with Gasteiger partial charge in [0.1, 0.15) is 5.82 Å². The van der Waals surface area contributed by atoms with Crippen molar-refractivity contribution in [2.24, 2.45) is 0 Å². The largest absolute Gasteiger partial charge is 0.509 e. The van der Waals surface area contributed by atoms with Crippen molar-refractivity contribution in [3.63, 3.8) is 0 Å². The molecule has 2 aromatic heterocycles. The Bertz CT molecular complexity index is 2470. The van der Waals surface area contributed by atoms with Gasteiger partial charge < -0.3 is 19.1 Å². The molecule has 7 aromatic rings. The quantitative estimate of drug-likeness (QED) is 0.156. The monoisotopic (exact) mass is 876 g/mol. The first kappa shape index (κ1) is 36.5. The van der Waals surface area contributed by atoms with E-state index in [2.05, 4.69) is 173 Å². The maximum absolute atomic E-state index is 6.55. The SMILES string of the molecule is Cc1cc2c(cc1C)N(c1[c-]c(Oc3[c-]c4c(cc3)c3ccccc3n4-c3cc(C(C)(C)C)ccn3)ccc1)[CH-]N2Cc1cccc(C(C)(C)C)c1.[Pt]. The van der Waals surface area contributed by atoms with Crippen molar-refractivity contribution in [3.05, 3.63) is 156 Å². The third kappa shape index (κ3) is 7.00. The van der Waals surface area contributed by atoms with Crippen molar-refractivity contribution in [1.82, 2.24) is 9.55 Å². The van der Waals surface area contributed by atoms with Crippen LogP contribution < -0.4 is 14.5 Å². The number of hydrogen-bond donors (Lipinski definition) is 0. The first-order valence-electron chi connectivity index (χ1n) is 18.1. The molecule has 0 unspecified atom stereocenters. The van der Waals surface area contributed by atoms with Crippen LogP contribution >= 0.6 is 0 Å². The number of nitrogens with zero attached hydrogens (tertiary/aromatic N) is 4. The fourth-order valence-electron chi connectivity index (χ4n) is 7.06. The molecular weight excluding hydrogens is 832 g/mol. The minimum absolute atomic E-state index is 0. The molecule has 0 saturated carbocycles. The zero-order valence-corrected chi connectivity index (χ0v) is 34.0. The summed E-state index contributed by atoms with van der Waals surface area (Å²) in [6, 6.07) is 43.6. The van der Waals surface area contributed by atoms with Crippen LogP contribution in [0.15, 0.2) is 109 Å². The summed E-state index contributed by atoms with van der Waals surface area (Å²) in [5.74, 6) is 2.11. The standard InChI is InChI=1S/C47H45N4O.Pt/c1-31-23-43-44(24-32(31)2)50(30-49(43)29-33-13-11-14-34(25-33)46(3,4)5)36-15-12-16-37(27-36)52-38-19-20-40-39-17-9-10-18-41(39)51(42(40)28-38)45-26-35(21-22-48-45)47(6,7)8;/h9-26,30H,29H2,1-8H3;/q-3;. The van der Waals surface area contributed by atoms with Gasteiger partial charge in [-0.05, 0) is 88.2 Å². The van der Waals surface area contributed by atoms with Crippen molar-refractivity contribution in [2.75, 3.05) is 9.80 Å². The van der Waals surface area contributed by atoms with Crippen LogP contribution in [0.1, 0.15) is 69.4 Å². The molecule has 0 spiro atoms. The fraction of sp³-hybridized carbons (Fsp3) is 0.234. The van der Waals surface area contributed by atoms with E-state index in [4.69, 9.17) is 9.72 Å². The predicted octanol–water partition coefficient (Wildman–Crippen LogP) is 12.1. The molecule has 1 aliphatic heterocycles. The zero-order valence-electron chi connectivity index (χ0n) is 31.7. The summed E-state index contributed by atoms with van der Waals surface area (Å²) in [5, 5.41) is 2.26. The maximum atomic E-state index is 6.55. The minimum Gasteiger partial charge on any atom is -0.509 e. The summed E-state index contributed by atoms with van der Waals surface area (Å²) in [5.41, 5.74) is 11.7. The van der Waals surface area contributed by atoms with E-state index in [0.29, 0.717) is 11.5 Å². The molecule has 0 bridgehead atoms. The molecule has 8 rings (SSSR count). The normalized spacial score (nSPS) is 13.1. The van der Waals surface area contributed by atoms with E-state index in [-0.39, 0.29) is 31.9 Å². The van der Waals surface area contributed by atoms with Gasteiger partial charge in [0.2, 0.25) is 0 Å². The Morgan fingerprint density at radius 3 is 2.15 bits per heavy atom. The average Bonchev–Trinajstić information content (AvgIpc) is 3.62. The van der Waals surface area contributed by atoms with E-state index in [1.54, 1.807) is 0 Å². The zero-order chi connectivity index (χ0) is 36.4. The van der Waals surface area contributed by atoms with E-state index in [0.717, 1.165) is 45.5 Å². The molecule has 0 radical (unpaired) electrons. The van der Waals surface area contributed by atoms with Gasteiger partial charge in [-0.1, -0.05) is 89.5 Å². The Morgan fingerprint density at radius 1 is 0.679 bits per heavy atom. The second kappa shape index (κ2) is 13.8. The van der Waals surface area contributed by atoms with Gasteiger partial charge >= 0.3 is 0 Å². The predicted molar refractivity (Wildman–Crippen MR) is 215 cm³/mol. The number of para-hydroxylation sites is 1. The summed E-state index contributed by atoms with van der Waals surface area (Å²) in [4.78, 5) is 9.39. The summed E-state index contributed by atoms with van der Waals surface area (Å²) in [7, 11) is 0. The number of fused-ring (bicyclic) bond motifs is 4. The van der Waals surface area contributed by atoms with E-state index in [1.165, 1.54) is 33.5 Å². The molecular formula is C47H45N4OPt-3. The van der Waals surface area contributed by atoms with E-state index < -0.39 is 0 Å². The van der Waals surface area contributed by atoms with Gasteiger partial charge in [-0.3, -0.25) is 0 Å². The molecule has 0 amide bonds. The molecule has 0 fully saturated rings. The fourth-order valence-corrected chi connectivity index (χ4v) is 7.06. The van der Waals surface area contributed by atoms with E-state index >= 15 is 0 Å². The van der Waals surface area contributed by atoms with Crippen molar-refractivity contribution in [3.8, 4) is 17.3 Å². The molecule has 3 heterocycles.